The molecule has 3 heterocycles. The molecule has 0 fully saturated rings. The first-order valence-electron chi connectivity index (χ1n) is 10.4. The molecular formula is C24H20N6O3. The summed E-state index contributed by atoms with van der Waals surface area (Å²) in [6.07, 6.45) is 2.19. The fraction of sp³-hybridized carbons (Fsp3) is 0.125. The van der Waals surface area contributed by atoms with E-state index in [0.29, 0.717) is 28.9 Å². The number of aromatic nitrogens is 5. The molecule has 0 radical (unpaired) electrons. The van der Waals surface area contributed by atoms with E-state index in [2.05, 4.69) is 15.6 Å². The maximum absolute atomic E-state index is 13.1. The van der Waals surface area contributed by atoms with Crippen molar-refractivity contribution in [3.63, 3.8) is 0 Å². The number of amides is 1. The SMILES string of the molecule is CCc1nn2c(nnc3c(=O)n(NC(=O)c4ccc(OC)cc4)ccc32)c1-c1ccccc1. The largest absolute Gasteiger partial charge is 0.497 e. The van der Waals surface area contributed by atoms with Gasteiger partial charge in [-0.3, -0.25) is 15.0 Å². The molecular weight excluding hydrogens is 420 g/mol. The second kappa shape index (κ2) is 8.19. The summed E-state index contributed by atoms with van der Waals surface area (Å²) in [5, 5.41) is 13.2. The molecule has 5 aromatic rings. The Morgan fingerprint density at radius 1 is 1.03 bits per heavy atom. The summed E-state index contributed by atoms with van der Waals surface area (Å²) in [7, 11) is 1.55. The number of hydrogen-bond donors (Lipinski definition) is 1. The molecule has 0 aliphatic heterocycles. The first-order chi connectivity index (χ1) is 16.1. The van der Waals surface area contributed by atoms with Crippen molar-refractivity contribution in [3.8, 4) is 16.9 Å². The molecule has 0 bridgehead atoms. The Labute approximate surface area is 188 Å². The van der Waals surface area contributed by atoms with Gasteiger partial charge in [0.25, 0.3) is 11.5 Å². The van der Waals surface area contributed by atoms with E-state index in [0.717, 1.165) is 21.5 Å². The third-order valence-corrected chi connectivity index (χ3v) is 5.42. The standard InChI is InChI=1S/C24H20N6O3/c1-3-18-20(15-7-5-4-6-8-15)22-26-25-21-19(30(22)27-18)13-14-29(24(21)32)28-23(31)16-9-11-17(33-2)12-10-16/h4-14H,3H2,1-2H3,(H,28,31). The molecule has 0 aliphatic carbocycles. The number of carbonyl (C=O) groups excluding carboxylic acids is 1. The van der Waals surface area contributed by atoms with E-state index in [-0.39, 0.29) is 5.52 Å². The zero-order chi connectivity index (χ0) is 22.9. The Morgan fingerprint density at radius 3 is 2.48 bits per heavy atom. The van der Waals surface area contributed by atoms with Crippen molar-refractivity contribution in [2.24, 2.45) is 0 Å². The Balaban J connectivity index is 1.58. The Bertz CT molecular complexity index is 1540. The first-order valence-corrected chi connectivity index (χ1v) is 10.4. The van der Waals surface area contributed by atoms with Gasteiger partial charge in [-0.15, -0.1) is 10.2 Å². The van der Waals surface area contributed by atoms with Crippen molar-refractivity contribution < 1.29 is 9.53 Å². The van der Waals surface area contributed by atoms with E-state index in [9.17, 15) is 9.59 Å². The Kier molecular flexibility index (Phi) is 5.06. The second-order valence-corrected chi connectivity index (χ2v) is 7.37. The van der Waals surface area contributed by atoms with Crippen molar-refractivity contribution in [3.05, 3.63) is 88.5 Å². The quantitative estimate of drug-likeness (QED) is 0.451. The van der Waals surface area contributed by atoms with Crippen LogP contribution in [0.4, 0.5) is 0 Å². The molecule has 9 heteroatoms. The van der Waals surface area contributed by atoms with Crippen LogP contribution in [0.1, 0.15) is 23.0 Å². The Hall–Kier alpha value is -4.53. The number of nitrogens with one attached hydrogen (secondary N) is 1. The molecule has 0 atom stereocenters. The van der Waals surface area contributed by atoms with E-state index in [1.807, 2.05) is 37.3 Å². The zero-order valence-electron chi connectivity index (χ0n) is 18.0. The number of aryl methyl sites for hydroxylation is 1. The van der Waals surface area contributed by atoms with Crippen LogP contribution in [-0.4, -0.2) is 37.5 Å². The first kappa shape index (κ1) is 20.4. The molecule has 1 N–H and O–H groups in total. The van der Waals surface area contributed by atoms with Gasteiger partial charge >= 0.3 is 0 Å². The van der Waals surface area contributed by atoms with Crippen LogP contribution in [0, 0.1) is 0 Å². The number of methoxy groups -OCH3 is 1. The van der Waals surface area contributed by atoms with E-state index in [1.165, 1.54) is 6.20 Å². The second-order valence-electron chi connectivity index (χ2n) is 7.37. The minimum atomic E-state index is -0.501. The minimum Gasteiger partial charge on any atom is -0.497 e. The van der Waals surface area contributed by atoms with Gasteiger partial charge in [-0.1, -0.05) is 37.3 Å². The van der Waals surface area contributed by atoms with Gasteiger partial charge in [0.15, 0.2) is 11.2 Å². The molecule has 164 valence electrons. The zero-order valence-corrected chi connectivity index (χ0v) is 18.0. The summed E-state index contributed by atoms with van der Waals surface area (Å²) in [6, 6.07) is 18.1. The highest BCUT2D eigenvalue weighted by molar-refractivity contribution is 6.00. The number of hydrogen-bond acceptors (Lipinski definition) is 6. The van der Waals surface area contributed by atoms with Gasteiger partial charge in [-0.25, -0.2) is 9.19 Å². The van der Waals surface area contributed by atoms with Crippen molar-refractivity contribution in [1.29, 1.82) is 0 Å². The summed E-state index contributed by atoms with van der Waals surface area (Å²) >= 11 is 0. The minimum absolute atomic E-state index is 0.102. The summed E-state index contributed by atoms with van der Waals surface area (Å²) < 4.78 is 7.84. The van der Waals surface area contributed by atoms with Gasteiger partial charge in [0, 0.05) is 11.8 Å². The summed E-state index contributed by atoms with van der Waals surface area (Å²) in [4.78, 5) is 25.6. The summed E-state index contributed by atoms with van der Waals surface area (Å²) in [5.74, 6) is 0.195. The summed E-state index contributed by atoms with van der Waals surface area (Å²) in [6.45, 7) is 2.02. The average Bonchev–Trinajstić information content (AvgIpc) is 3.25. The lowest BCUT2D eigenvalue weighted by Crippen LogP contribution is -2.33. The number of rotatable bonds is 5. The van der Waals surface area contributed by atoms with E-state index in [4.69, 9.17) is 9.84 Å². The van der Waals surface area contributed by atoms with Crippen LogP contribution in [0.2, 0.25) is 0 Å². The van der Waals surface area contributed by atoms with Crippen molar-refractivity contribution in [2.45, 2.75) is 13.3 Å². The van der Waals surface area contributed by atoms with Crippen molar-refractivity contribution in [1.82, 2.24) is 24.5 Å². The van der Waals surface area contributed by atoms with Gasteiger partial charge < -0.3 is 4.74 Å². The molecule has 5 rings (SSSR count). The van der Waals surface area contributed by atoms with Gasteiger partial charge in [-0.2, -0.15) is 5.10 Å². The number of pyridine rings is 1. The Morgan fingerprint density at radius 2 is 1.79 bits per heavy atom. The molecule has 33 heavy (non-hydrogen) atoms. The lowest BCUT2D eigenvalue weighted by atomic mass is 10.0. The van der Waals surface area contributed by atoms with E-state index in [1.54, 1.807) is 42.0 Å². The van der Waals surface area contributed by atoms with Gasteiger partial charge in [0.1, 0.15) is 11.3 Å². The number of benzene rings is 2. The molecule has 0 saturated carbocycles. The fourth-order valence-corrected chi connectivity index (χ4v) is 3.74. The molecule has 3 aromatic heterocycles. The number of carbonyl (C=O) groups is 1. The molecule has 9 nitrogen and oxygen atoms in total. The maximum atomic E-state index is 13.1. The predicted octanol–water partition coefficient (Wildman–Crippen LogP) is 3.06. The lowest BCUT2D eigenvalue weighted by Gasteiger charge is -2.09. The number of ether oxygens (including phenoxy) is 1. The van der Waals surface area contributed by atoms with Crippen LogP contribution >= 0.6 is 0 Å². The molecule has 0 saturated heterocycles. The monoisotopic (exact) mass is 440 g/mol. The van der Waals surface area contributed by atoms with Crippen molar-refractivity contribution >= 4 is 22.6 Å². The fourth-order valence-electron chi connectivity index (χ4n) is 3.74. The van der Waals surface area contributed by atoms with Gasteiger partial charge in [-0.05, 0) is 42.3 Å². The van der Waals surface area contributed by atoms with Crippen molar-refractivity contribution in [2.75, 3.05) is 12.5 Å². The molecule has 2 aromatic carbocycles. The highest BCUT2D eigenvalue weighted by Gasteiger charge is 2.19. The number of nitrogens with zero attached hydrogens (tertiary/aromatic N) is 5. The molecule has 1 amide bonds. The van der Waals surface area contributed by atoms with Crippen LogP contribution in [0.25, 0.3) is 27.8 Å². The van der Waals surface area contributed by atoms with Crippen LogP contribution < -0.4 is 15.7 Å². The third kappa shape index (κ3) is 3.49. The molecule has 0 spiro atoms. The average molecular weight is 440 g/mol. The predicted molar refractivity (Wildman–Crippen MR) is 124 cm³/mol. The van der Waals surface area contributed by atoms with E-state index >= 15 is 0 Å². The van der Waals surface area contributed by atoms with Gasteiger partial charge in [0.05, 0.1) is 18.4 Å². The normalized spacial score (nSPS) is 11.1. The molecule has 0 unspecified atom stereocenters. The van der Waals surface area contributed by atoms with Crippen LogP contribution in [0.5, 0.6) is 5.75 Å². The van der Waals surface area contributed by atoms with Crippen LogP contribution in [0.3, 0.4) is 0 Å². The third-order valence-electron chi connectivity index (χ3n) is 5.42. The summed E-state index contributed by atoms with van der Waals surface area (Å²) in [5.41, 5.74) is 6.39. The lowest BCUT2D eigenvalue weighted by molar-refractivity contribution is 0.101. The van der Waals surface area contributed by atoms with E-state index < -0.39 is 11.5 Å². The highest BCUT2D eigenvalue weighted by atomic mass is 16.5. The number of fused-ring (bicyclic) bond motifs is 3. The maximum Gasteiger partial charge on any atom is 0.299 e. The topological polar surface area (TPSA) is 103 Å². The highest BCUT2D eigenvalue weighted by Crippen LogP contribution is 2.28. The van der Waals surface area contributed by atoms with Crippen LogP contribution in [-0.2, 0) is 6.42 Å². The van der Waals surface area contributed by atoms with Crippen LogP contribution in [0.15, 0.2) is 71.7 Å². The van der Waals surface area contributed by atoms with Gasteiger partial charge in [0.2, 0.25) is 0 Å². The molecule has 0 aliphatic rings. The smallest absolute Gasteiger partial charge is 0.299 e.